The van der Waals surface area contributed by atoms with Crippen LogP contribution in [0.3, 0.4) is 0 Å². The Morgan fingerprint density at radius 3 is 2.62 bits per heavy atom. The largest absolute Gasteiger partial charge is 0.489 e. The monoisotopic (exact) mass is 404 g/mol. The van der Waals surface area contributed by atoms with Crippen LogP contribution in [0.4, 0.5) is 13.2 Å². The standard InChI is InChI=1S/C21H19F3N2O3/c22-21(23,24)14-8-15(12-25-11-14)28-16-9-20(10-16)19(27)26-17(6-7-18(26)29-20)13-4-2-1-3-5-13/h1-5,8,11-12,16-18H,6-7,9-10H2/t16?,17-,18+,20?/m0/s1. The van der Waals surface area contributed by atoms with Crippen molar-refractivity contribution in [2.75, 3.05) is 0 Å². The minimum absolute atomic E-state index is 0.000658. The van der Waals surface area contributed by atoms with E-state index in [9.17, 15) is 18.0 Å². The van der Waals surface area contributed by atoms with Crippen molar-refractivity contribution >= 4 is 5.91 Å². The molecule has 3 heterocycles. The number of nitrogens with zero attached hydrogens (tertiary/aromatic N) is 2. The summed E-state index contributed by atoms with van der Waals surface area (Å²) >= 11 is 0. The molecular weight excluding hydrogens is 385 g/mol. The van der Waals surface area contributed by atoms with Gasteiger partial charge in [0.05, 0.1) is 17.8 Å². The van der Waals surface area contributed by atoms with Crippen molar-refractivity contribution in [1.82, 2.24) is 9.88 Å². The second-order valence-corrected chi connectivity index (χ2v) is 7.84. The van der Waals surface area contributed by atoms with E-state index in [-0.39, 0.29) is 30.0 Å². The number of pyridine rings is 1. The van der Waals surface area contributed by atoms with Crippen LogP contribution in [-0.4, -0.2) is 33.7 Å². The molecule has 3 fully saturated rings. The lowest BCUT2D eigenvalue weighted by Crippen LogP contribution is -2.56. The van der Waals surface area contributed by atoms with E-state index in [0.717, 1.165) is 30.7 Å². The van der Waals surface area contributed by atoms with Crippen LogP contribution in [0.1, 0.15) is 42.9 Å². The van der Waals surface area contributed by atoms with E-state index in [1.807, 2.05) is 35.2 Å². The van der Waals surface area contributed by atoms with Crippen molar-refractivity contribution in [3.8, 4) is 5.75 Å². The Bertz CT molecular complexity index is 928. The molecule has 2 atom stereocenters. The van der Waals surface area contributed by atoms with E-state index < -0.39 is 17.3 Å². The fourth-order valence-electron chi connectivity index (χ4n) is 4.58. The van der Waals surface area contributed by atoms with E-state index in [0.29, 0.717) is 12.8 Å². The topological polar surface area (TPSA) is 51.7 Å². The van der Waals surface area contributed by atoms with Gasteiger partial charge in [0.1, 0.15) is 18.1 Å². The first-order valence-corrected chi connectivity index (χ1v) is 9.60. The highest BCUT2D eigenvalue weighted by molar-refractivity contribution is 5.89. The molecule has 5 rings (SSSR count). The number of rotatable bonds is 3. The first kappa shape index (κ1) is 18.4. The fraction of sp³-hybridized carbons (Fsp3) is 0.429. The van der Waals surface area contributed by atoms with Crippen molar-refractivity contribution < 1.29 is 27.4 Å². The number of carbonyl (C=O) groups is 1. The molecule has 2 aliphatic heterocycles. The van der Waals surface area contributed by atoms with Crippen molar-refractivity contribution in [3.05, 3.63) is 59.9 Å². The van der Waals surface area contributed by atoms with Crippen LogP contribution in [-0.2, 0) is 15.7 Å². The first-order valence-electron chi connectivity index (χ1n) is 9.60. The van der Waals surface area contributed by atoms with Gasteiger partial charge < -0.3 is 14.4 Å². The summed E-state index contributed by atoms with van der Waals surface area (Å²) in [4.78, 5) is 18.6. The third kappa shape index (κ3) is 3.06. The maximum absolute atomic E-state index is 13.1. The summed E-state index contributed by atoms with van der Waals surface area (Å²) in [6.45, 7) is 0. The number of hydrogen-bond donors (Lipinski definition) is 0. The van der Waals surface area contributed by atoms with Crippen LogP contribution in [0.25, 0.3) is 0 Å². The third-order valence-electron chi connectivity index (χ3n) is 5.96. The lowest BCUT2D eigenvalue weighted by molar-refractivity contribution is -0.162. The molecular formula is C21H19F3N2O3. The molecule has 1 amide bonds. The minimum atomic E-state index is -4.48. The van der Waals surface area contributed by atoms with Crippen LogP contribution < -0.4 is 4.74 Å². The van der Waals surface area contributed by atoms with Gasteiger partial charge in [-0.2, -0.15) is 13.2 Å². The number of carbonyl (C=O) groups excluding carboxylic acids is 1. The van der Waals surface area contributed by atoms with Gasteiger partial charge in [0.25, 0.3) is 5.91 Å². The van der Waals surface area contributed by atoms with Crippen LogP contribution in [0, 0.1) is 0 Å². The van der Waals surface area contributed by atoms with Crippen molar-refractivity contribution in [3.63, 3.8) is 0 Å². The Labute approximate surface area is 165 Å². The molecule has 1 spiro atoms. The summed E-state index contributed by atoms with van der Waals surface area (Å²) in [5, 5.41) is 0. The molecule has 2 saturated heterocycles. The molecule has 5 nitrogen and oxygen atoms in total. The van der Waals surface area contributed by atoms with E-state index >= 15 is 0 Å². The van der Waals surface area contributed by atoms with Gasteiger partial charge in [-0.15, -0.1) is 0 Å². The summed E-state index contributed by atoms with van der Waals surface area (Å²) < 4.78 is 50.3. The van der Waals surface area contributed by atoms with E-state index in [4.69, 9.17) is 9.47 Å². The number of hydrogen-bond acceptors (Lipinski definition) is 4. The second-order valence-electron chi connectivity index (χ2n) is 7.84. The lowest BCUT2D eigenvalue weighted by Gasteiger charge is -2.42. The van der Waals surface area contributed by atoms with Gasteiger partial charge in [-0.3, -0.25) is 9.78 Å². The molecule has 3 aliphatic rings. The molecule has 1 aromatic carbocycles. The maximum atomic E-state index is 13.1. The number of benzene rings is 1. The summed E-state index contributed by atoms with van der Waals surface area (Å²) in [5.41, 5.74) is -0.688. The van der Waals surface area contributed by atoms with Gasteiger partial charge in [0.15, 0.2) is 5.60 Å². The molecule has 152 valence electrons. The van der Waals surface area contributed by atoms with E-state index in [1.54, 1.807) is 0 Å². The highest BCUT2D eigenvalue weighted by atomic mass is 19.4. The minimum Gasteiger partial charge on any atom is -0.489 e. The van der Waals surface area contributed by atoms with Crippen LogP contribution in [0.5, 0.6) is 5.75 Å². The molecule has 29 heavy (non-hydrogen) atoms. The summed E-state index contributed by atoms with van der Waals surface area (Å²) in [6, 6.07) is 10.8. The molecule has 1 aromatic heterocycles. The highest BCUT2D eigenvalue weighted by Gasteiger charge is 2.63. The average Bonchev–Trinajstić information content (AvgIpc) is 3.20. The Morgan fingerprint density at radius 2 is 1.90 bits per heavy atom. The number of amides is 1. The zero-order chi connectivity index (χ0) is 20.2. The summed E-state index contributed by atoms with van der Waals surface area (Å²) in [7, 11) is 0. The van der Waals surface area contributed by atoms with Gasteiger partial charge in [0.2, 0.25) is 0 Å². The highest BCUT2D eigenvalue weighted by Crippen LogP contribution is 2.52. The third-order valence-corrected chi connectivity index (χ3v) is 5.96. The van der Waals surface area contributed by atoms with Gasteiger partial charge in [-0.1, -0.05) is 30.3 Å². The molecule has 8 heteroatoms. The zero-order valence-electron chi connectivity index (χ0n) is 15.4. The van der Waals surface area contributed by atoms with Crippen LogP contribution in [0.2, 0.25) is 0 Å². The number of fused-ring (bicyclic) bond motifs is 1. The smallest absolute Gasteiger partial charge is 0.418 e. The van der Waals surface area contributed by atoms with Gasteiger partial charge >= 0.3 is 6.18 Å². The average molecular weight is 404 g/mol. The molecule has 0 bridgehead atoms. The molecule has 0 unspecified atom stereocenters. The number of aromatic nitrogens is 1. The molecule has 2 aromatic rings. The van der Waals surface area contributed by atoms with Crippen molar-refractivity contribution in [2.45, 2.75) is 55.8 Å². The Kier molecular flexibility index (Phi) is 4.10. The van der Waals surface area contributed by atoms with Crippen LogP contribution in [0.15, 0.2) is 48.8 Å². The number of halogens is 3. The van der Waals surface area contributed by atoms with E-state index in [2.05, 4.69) is 4.98 Å². The molecule has 0 N–H and O–H groups in total. The quantitative estimate of drug-likeness (QED) is 0.773. The van der Waals surface area contributed by atoms with Gasteiger partial charge in [-0.05, 0) is 24.5 Å². The Balaban J connectivity index is 1.27. The fourth-order valence-corrected chi connectivity index (χ4v) is 4.58. The Hall–Kier alpha value is -2.61. The molecule has 1 saturated carbocycles. The molecule has 0 radical (unpaired) electrons. The van der Waals surface area contributed by atoms with Crippen molar-refractivity contribution in [2.24, 2.45) is 0 Å². The summed E-state index contributed by atoms with van der Waals surface area (Å²) in [5.74, 6) is 0.00338. The Morgan fingerprint density at radius 1 is 1.14 bits per heavy atom. The number of ether oxygens (including phenoxy) is 2. The maximum Gasteiger partial charge on any atom is 0.418 e. The zero-order valence-corrected chi connectivity index (χ0v) is 15.4. The summed E-state index contributed by atoms with van der Waals surface area (Å²) in [6.07, 6.45) is -0.800. The van der Waals surface area contributed by atoms with Gasteiger partial charge in [0, 0.05) is 19.0 Å². The first-order chi connectivity index (χ1) is 13.9. The SMILES string of the molecule is O=C1N2[C@@H](CC[C@H]2c2ccccc2)OC12CC(Oc1cncc(C(F)(F)F)c1)C2. The normalized spacial score (nSPS) is 31.1. The van der Waals surface area contributed by atoms with Crippen molar-refractivity contribution in [1.29, 1.82) is 0 Å². The molecule has 1 aliphatic carbocycles. The predicted octanol–water partition coefficient (Wildman–Crippen LogP) is 4.10. The van der Waals surface area contributed by atoms with Crippen LogP contribution >= 0.6 is 0 Å². The second kappa shape index (κ2) is 6.45. The number of alkyl halides is 3. The van der Waals surface area contributed by atoms with Gasteiger partial charge in [-0.25, -0.2) is 0 Å². The lowest BCUT2D eigenvalue weighted by atomic mass is 9.76. The van der Waals surface area contributed by atoms with E-state index in [1.165, 1.54) is 6.20 Å². The predicted molar refractivity (Wildman–Crippen MR) is 95.8 cm³/mol.